The quantitative estimate of drug-likeness (QED) is 0.885. The van der Waals surface area contributed by atoms with Gasteiger partial charge in [0.1, 0.15) is 0 Å². The van der Waals surface area contributed by atoms with E-state index in [1.165, 1.54) is 0 Å². The number of benzene rings is 1. The third-order valence-corrected chi connectivity index (χ3v) is 4.88. The van der Waals surface area contributed by atoms with Gasteiger partial charge in [0.25, 0.3) is 0 Å². The van der Waals surface area contributed by atoms with Gasteiger partial charge in [-0.2, -0.15) is 5.10 Å². The zero-order valence-electron chi connectivity index (χ0n) is 14.5. The summed E-state index contributed by atoms with van der Waals surface area (Å²) in [4.78, 5) is 12.6. The molecule has 0 unspecified atom stereocenters. The number of rotatable bonds is 5. The largest absolute Gasteiger partial charge is 0.393 e. The summed E-state index contributed by atoms with van der Waals surface area (Å²) in [5, 5.41) is 17.0. The minimum Gasteiger partial charge on any atom is -0.393 e. The Labute approximate surface area is 142 Å². The van der Waals surface area contributed by atoms with Crippen LogP contribution in [0.2, 0.25) is 0 Å². The molecule has 2 aromatic rings. The molecule has 0 aliphatic heterocycles. The summed E-state index contributed by atoms with van der Waals surface area (Å²) in [5.41, 5.74) is 4.36. The van der Waals surface area contributed by atoms with Gasteiger partial charge in [-0.25, -0.2) is 0 Å². The average molecular weight is 327 g/mol. The molecule has 1 aromatic heterocycles. The van der Waals surface area contributed by atoms with Crippen molar-refractivity contribution in [2.24, 2.45) is 13.0 Å². The second kappa shape index (κ2) is 6.77. The van der Waals surface area contributed by atoms with Crippen molar-refractivity contribution in [1.82, 2.24) is 15.1 Å². The molecule has 1 saturated carbocycles. The van der Waals surface area contributed by atoms with Gasteiger partial charge in [0.15, 0.2) is 0 Å². The Morgan fingerprint density at radius 2 is 2.17 bits per heavy atom. The minimum absolute atomic E-state index is 0.0129. The third-order valence-electron chi connectivity index (χ3n) is 4.88. The van der Waals surface area contributed by atoms with Gasteiger partial charge in [0.2, 0.25) is 5.91 Å². The summed E-state index contributed by atoms with van der Waals surface area (Å²) >= 11 is 0. The topological polar surface area (TPSA) is 67.2 Å². The molecule has 0 saturated heterocycles. The Balaban J connectivity index is 1.72. The first kappa shape index (κ1) is 16.7. The highest BCUT2D eigenvalue weighted by Gasteiger charge is 2.36. The molecule has 2 N–H and O–H groups in total. The highest BCUT2D eigenvalue weighted by atomic mass is 16.3. The minimum atomic E-state index is -0.245. The van der Waals surface area contributed by atoms with Gasteiger partial charge in [-0.1, -0.05) is 23.8 Å². The molecule has 0 radical (unpaired) electrons. The molecule has 1 aliphatic carbocycles. The number of aliphatic hydroxyl groups is 1. The maximum absolute atomic E-state index is 12.6. The summed E-state index contributed by atoms with van der Waals surface area (Å²) < 4.78 is 1.74. The molecule has 0 spiro atoms. The number of hydrogen-bond donors (Lipinski definition) is 2. The summed E-state index contributed by atoms with van der Waals surface area (Å²) in [5.74, 6) is 0.283. The molecule has 24 heavy (non-hydrogen) atoms. The highest BCUT2D eigenvalue weighted by molar-refractivity contribution is 5.79. The number of carbonyl (C=O) groups excluding carboxylic acids is 1. The van der Waals surface area contributed by atoms with Crippen molar-refractivity contribution in [3.63, 3.8) is 0 Å². The predicted molar refractivity (Wildman–Crippen MR) is 92.4 cm³/mol. The van der Waals surface area contributed by atoms with Crippen LogP contribution in [-0.4, -0.2) is 26.9 Å². The van der Waals surface area contributed by atoms with E-state index >= 15 is 0 Å². The molecule has 5 nitrogen and oxygen atoms in total. The molecular formula is C19H25N3O2. The van der Waals surface area contributed by atoms with E-state index in [0.29, 0.717) is 6.42 Å². The summed E-state index contributed by atoms with van der Waals surface area (Å²) in [6.45, 7) is 4.07. The van der Waals surface area contributed by atoms with Crippen molar-refractivity contribution < 1.29 is 9.90 Å². The fourth-order valence-corrected chi connectivity index (χ4v) is 3.36. The van der Waals surface area contributed by atoms with Crippen LogP contribution in [0.3, 0.4) is 0 Å². The number of aromatic nitrogens is 2. The van der Waals surface area contributed by atoms with Gasteiger partial charge in [-0.15, -0.1) is 0 Å². The molecule has 1 atom stereocenters. The standard InChI is InChI=1S/C19H25N3O2/c1-12-4-5-13(2)14(6-12)9-18(24)21-19(15-7-17(23)8-15)16-10-20-22(3)11-16/h4-6,10-11,15,17,19,23H,7-9H2,1-3H3,(H,21,24)/t15?,17?,19-/m1/s1. The zero-order valence-corrected chi connectivity index (χ0v) is 14.5. The molecule has 3 rings (SSSR count). The number of nitrogens with zero attached hydrogens (tertiary/aromatic N) is 2. The maximum Gasteiger partial charge on any atom is 0.224 e. The SMILES string of the molecule is Cc1ccc(C)c(CC(=O)N[C@@H](c2cnn(C)c2)C2CC(O)C2)c1. The molecule has 1 aromatic carbocycles. The smallest absolute Gasteiger partial charge is 0.224 e. The van der Waals surface area contributed by atoms with E-state index in [4.69, 9.17) is 0 Å². The van der Waals surface area contributed by atoms with Crippen LogP contribution in [0.1, 0.15) is 41.1 Å². The van der Waals surface area contributed by atoms with E-state index < -0.39 is 0 Å². The summed E-state index contributed by atoms with van der Waals surface area (Å²) in [6, 6.07) is 6.10. The summed E-state index contributed by atoms with van der Waals surface area (Å²) in [6.07, 6.45) is 5.32. The number of hydrogen-bond acceptors (Lipinski definition) is 3. The fourth-order valence-electron chi connectivity index (χ4n) is 3.36. The van der Waals surface area contributed by atoms with E-state index in [9.17, 15) is 9.90 Å². The first-order valence-corrected chi connectivity index (χ1v) is 8.44. The highest BCUT2D eigenvalue weighted by Crippen LogP contribution is 2.38. The van der Waals surface area contributed by atoms with E-state index in [-0.39, 0.29) is 24.0 Å². The number of aryl methyl sites for hydroxylation is 3. The fraction of sp³-hybridized carbons (Fsp3) is 0.474. The normalized spacial score (nSPS) is 21.2. The van der Waals surface area contributed by atoms with Gasteiger partial charge in [-0.3, -0.25) is 9.48 Å². The van der Waals surface area contributed by atoms with E-state index in [1.807, 2.05) is 27.1 Å². The van der Waals surface area contributed by atoms with Crippen LogP contribution in [0.25, 0.3) is 0 Å². The van der Waals surface area contributed by atoms with Crippen molar-refractivity contribution in [2.75, 3.05) is 0 Å². The molecule has 5 heteroatoms. The predicted octanol–water partition coefficient (Wildman–Crippen LogP) is 2.21. The Morgan fingerprint density at radius 3 is 2.79 bits per heavy atom. The first-order valence-electron chi connectivity index (χ1n) is 8.44. The first-order chi connectivity index (χ1) is 11.4. The van der Waals surface area contributed by atoms with Crippen LogP contribution in [0.4, 0.5) is 0 Å². The van der Waals surface area contributed by atoms with Crippen LogP contribution >= 0.6 is 0 Å². The van der Waals surface area contributed by atoms with Gasteiger partial charge in [0, 0.05) is 18.8 Å². The summed E-state index contributed by atoms with van der Waals surface area (Å²) in [7, 11) is 1.87. The zero-order chi connectivity index (χ0) is 17.3. The molecule has 1 fully saturated rings. The Bertz CT molecular complexity index is 732. The van der Waals surface area contributed by atoms with Crippen molar-refractivity contribution >= 4 is 5.91 Å². The van der Waals surface area contributed by atoms with E-state index in [2.05, 4.69) is 28.6 Å². The number of aliphatic hydroxyl groups excluding tert-OH is 1. The lowest BCUT2D eigenvalue weighted by molar-refractivity contribution is -0.122. The van der Waals surface area contributed by atoms with E-state index in [1.54, 1.807) is 10.9 Å². The van der Waals surface area contributed by atoms with Gasteiger partial charge >= 0.3 is 0 Å². The van der Waals surface area contributed by atoms with Crippen LogP contribution in [-0.2, 0) is 18.3 Å². The van der Waals surface area contributed by atoms with Gasteiger partial charge in [-0.05, 0) is 43.7 Å². The monoisotopic (exact) mass is 327 g/mol. The van der Waals surface area contributed by atoms with Crippen molar-refractivity contribution in [3.05, 3.63) is 52.8 Å². The maximum atomic E-state index is 12.6. The van der Waals surface area contributed by atoms with Crippen molar-refractivity contribution in [1.29, 1.82) is 0 Å². The molecule has 0 bridgehead atoms. The lowest BCUT2D eigenvalue weighted by Crippen LogP contribution is -2.41. The van der Waals surface area contributed by atoms with Crippen LogP contribution in [0, 0.1) is 19.8 Å². The van der Waals surface area contributed by atoms with Crippen LogP contribution in [0.15, 0.2) is 30.6 Å². The molecular weight excluding hydrogens is 302 g/mol. The Hall–Kier alpha value is -2.14. The number of amides is 1. The molecule has 1 heterocycles. The Kier molecular flexibility index (Phi) is 4.71. The second-order valence-corrected chi connectivity index (χ2v) is 6.98. The Morgan fingerprint density at radius 1 is 1.42 bits per heavy atom. The number of carbonyl (C=O) groups is 1. The van der Waals surface area contributed by atoms with Gasteiger partial charge in [0.05, 0.1) is 24.8 Å². The average Bonchev–Trinajstić information content (AvgIpc) is 2.92. The van der Waals surface area contributed by atoms with Crippen LogP contribution in [0.5, 0.6) is 0 Å². The van der Waals surface area contributed by atoms with Crippen LogP contribution < -0.4 is 5.32 Å². The third kappa shape index (κ3) is 3.67. The molecule has 128 valence electrons. The number of nitrogens with one attached hydrogen (secondary N) is 1. The van der Waals surface area contributed by atoms with E-state index in [0.717, 1.165) is 35.1 Å². The van der Waals surface area contributed by atoms with Gasteiger partial charge < -0.3 is 10.4 Å². The lowest BCUT2D eigenvalue weighted by Gasteiger charge is -2.37. The molecule has 1 aliphatic rings. The lowest BCUT2D eigenvalue weighted by atomic mass is 9.75. The van der Waals surface area contributed by atoms with Crippen molar-refractivity contribution in [3.8, 4) is 0 Å². The second-order valence-electron chi connectivity index (χ2n) is 6.98. The van der Waals surface area contributed by atoms with Crippen molar-refractivity contribution in [2.45, 2.75) is 45.3 Å². The molecule has 1 amide bonds.